The standard InChI is InChI=1S/C14H16O.C10H14O.4CH4/c1-3-10(2)11-4-5-13-9-14(15)7-6-12(13)8-11;1-3-8(2)9-4-6-10(11)7-5-9;;;;/h4-10,15H,3H2,1-2H3;4-8,11H,3H2,1-2H3;4*1H4. The number of hydrogen-bond acceptors (Lipinski definition) is 2. The van der Waals surface area contributed by atoms with Gasteiger partial charge >= 0.3 is 0 Å². The lowest BCUT2D eigenvalue weighted by Crippen LogP contribution is -1.90. The summed E-state index contributed by atoms with van der Waals surface area (Å²) in [6.07, 6.45) is 2.30. The summed E-state index contributed by atoms with van der Waals surface area (Å²) in [5.41, 5.74) is 2.67. The molecule has 0 spiro atoms. The Morgan fingerprint density at radius 3 is 1.50 bits per heavy atom. The van der Waals surface area contributed by atoms with Crippen LogP contribution in [0.3, 0.4) is 0 Å². The second kappa shape index (κ2) is 15.4. The third kappa shape index (κ3) is 8.90. The highest BCUT2D eigenvalue weighted by atomic mass is 16.3. The molecule has 3 aromatic rings. The fourth-order valence-corrected chi connectivity index (χ4v) is 2.83. The highest BCUT2D eigenvalue weighted by Crippen LogP contribution is 2.25. The highest BCUT2D eigenvalue weighted by molar-refractivity contribution is 5.84. The Hall–Kier alpha value is -2.48. The third-order valence-corrected chi connectivity index (χ3v) is 5.10. The Balaban J connectivity index is -0.000000444. The topological polar surface area (TPSA) is 40.5 Å². The van der Waals surface area contributed by atoms with Crippen LogP contribution in [0.25, 0.3) is 10.8 Å². The van der Waals surface area contributed by atoms with Gasteiger partial charge in [-0.3, -0.25) is 0 Å². The zero-order valence-electron chi connectivity index (χ0n) is 16.2. The molecule has 2 atom stereocenters. The maximum absolute atomic E-state index is 9.35. The van der Waals surface area contributed by atoms with Crippen molar-refractivity contribution >= 4 is 10.8 Å². The molecule has 0 bridgehead atoms. The molecule has 0 saturated heterocycles. The molecule has 0 aliphatic carbocycles. The van der Waals surface area contributed by atoms with Crippen molar-refractivity contribution in [2.24, 2.45) is 0 Å². The van der Waals surface area contributed by atoms with E-state index in [9.17, 15) is 5.11 Å². The summed E-state index contributed by atoms with van der Waals surface area (Å²) in [5.74, 6) is 1.87. The smallest absolute Gasteiger partial charge is 0.116 e. The first kappa shape index (κ1) is 32.2. The van der Waals surface area contributed by atoms with E-state index < -0.39 is 0 Å². The van der Waals surface area contributed by atoms with E-state index >= 15 is 0 Å². The van der Waals surface area contributed by atoms with Crippen LogP contribution in [0.15, 0.2) is 60.7 Å². The number of aromatic hydroxyl groups is 2. The number of rotatable bonds is 4. The lowest BCUT2D eigenvalue weighted by atomic mass is 9.96. The molecule has 0 fully saturated rings. The highest BCUT2D eigenvalue weighted by Gasteiger charge is 2.04. The van der Waals surface area contributed by atoms with E-state index in [-0.39, 0.29) is 29.7 Å². The van der Waals surface area contributed by atoms with Crippen molar-refractivity contribution in [1.29, 1.82) is 0 Å². The number of phenols is 2. The van der Waals surface area contributed by atoms with E-state index in [2.05, 4.69) is 45.9 Å². The maximum atomic E-state index is 9.35. The second-order valence-corrected chi connectivity index (χ2v) is 7.00. The minimum Gasteiger partial charge on any atom is -0.508 e. The summed E-state index contributed by atoms with van der Waals surface area (Å²) >= 11 is 0. The average Bonchev–Trinajstić information content (AvgIpc) is 2.67. The van der Waals surface area contributed by atoms with Gasteiger partial charge in [0.15, 0.2) is 0 Å². The van der Waals surface area contributed by atoms with Gasteiger partial charge in [-0.25, -0.2) is 0 Å². The summed E-state index contributed by atoms with van der Waals surface area (Å²) in [5, 5.41) is 20.7. The molecule has 3 rings (SSSR count). The Labute approximate surface area is 186 Å². The molecule has 0 amide bonds. The van der Waals surface area contributed by atoms with Gasteiger partial charge in [-0.05, 0) is 70.8 Å². The zero-order chi connectivity index (χ0) is 19.1. The van der Waals surface area contributed by atoms with Crippen molar-refractivity contribution in [3.8, 4) is 11.5 Å². The minimum absolute atomic E-state index is 0. The molecule has 3 aromatic carbocycles. The van der Waals surface area contributed by atoms with E-state index in [1.54, 1.807) is 24.3 Å². The Kier molecular flexibility index (Phi) is 16.5. The largest absolute Gasteiger partial charge is 0.508 e. The van der Waals surface area contributed by atoms with E-state index in [1.807, 2.05) is 18.2 Å². The predicted octanol–water partition coefficient (Wildman–Crippen LogP) is 9.51. The molecule has 170 valence electrons. The van der Waals surface area contributed by atoms with Crippen molar-refractivity contribution in [1.82, 2.24) is 0 Å². The lowest BCUT2D eigenvalue weighted by molar-refractivity contribution is 0.474. The fourth-order valence-electron chi connectivity index (χ4n) is 2.83. The molecule has 2 nitrogen and oxygen atoms in total. The van der Waals surface area contributed by atoms with Gasteiger partial charge in [0, 0.05) is 0 Å². The van der Waals surface area contributed by atoms with Crippen molar-refractivity contribution in [2.75, 3.05) is 0 Å². The van der Waals surface area contributed by atoms with Gasteiger partial charge < -0.3 is 10.2 Å². The van der Waals surface area contributed by atoms with Gasteiger partial charge in [-0.15, -0.1) is 0 Å². The number of hydrogen-bond donors (Lipinski definition) is 2. The average molecular weight is 415 g/mol. The first-order chi connectivity index (χ1) is 12.4. The zero-order valence-corrected chi connectivity index (χ0v) is 16.2. The van der Waals surface area contributed by atoms with E-state index in [1.165, 1.54) is 16.5 Å². The Morgan fingerprint density at radius 2 is 0.967 bits per heavy atom. The van der Waals surface area contributed by atoms with Crippen LogP contribution in [0, 0.1) is 0 Å². The molecule has 30 heavy (non-hydrogen) atoms. The SMILES string of the molecule is C.C.C.C.CCC(C)c1ccc(O)cc1.CCC(C)c1ccc2cc(O)ccc2c1. The van der Waals surface area contributed by atoms with Crippen molar-refractivity contribution in [3.63, 3.8) is 0 Å². The van der Waals surface area contributed by atoms with Gasteiger partial charge in [0.25, 0.3) is 0 Å². The summed E-state index contributed by atoms with van der Waals surface area (Å²) < 4.78 is 0. The van der Waals surface area contributed by atoms with Gasteiger partial charge in [0.05, 0.1) is 0 Å². The van der Waals surface area contributed by atoms with E-state index in [4.69, 9.17) is 5.11 Å². The van der Waals surface area contributed by atoms with E-state index in [0.717, 1.165) is 18.2 Å². The summed E-state index contributed by atoms with van der Waals surface area (Å²) in [7, 11) is 0. The molecule has 2 heteroatoms. The van der Waals surface area contributed by atoms with Gasteiger partial charge in [0.2, 0.25) is 0 Å². The molecular formula is C28H46O2. The van der Waals surface area contributed by atoms with Crippen LogP contribution >= 0.6 is 0 Å². The van der Waals surface area contributed by atoms with E-state index in [0.29, 0.717) is 23.3 Å². The number of benzene rings is 3. The van der Waals surface area contributed by atoms with Crippen molar-refractivity contribution in [3.05, 3.63) is 71.8 Å². The first-order valence-electron chi connectivity index (χ1n) is 9.46. The van der Waals surface area contributed by atoms with Crippen LogP contribution in [0.4, 0.5) is 0 Å². The molecule has 0 radical (unpaired) electrons. The van der Waals surface area contributed by atoms with Crippen molar-refractivity contribution in [2.45, 2.75) is 82.1 Å². The lowest BCUT2D eigenvalue weighted by Gasteiger charge is -2.09. The van der Waals surface area contributed by atoms with Crippen LogP contribution in [-0.2, 0) is 0 Å². The summed E-state index contributed by atoms with van der Waals surface area (Å²) in [6.45, 7) is 8.79. The Morgan fingerprint density at radius 1 is 0.567 bits per heavy atom. The molecule has 2 unspecified atom stereocenters. The third-order valence-electron chi connectivity index (χ3n) is 5.10. The predicted molar refractivity (Wildman–Crippen MR) is 138 cm³/mol. The summed E-state index contributed by atoms with van der Waals surface area (Å²) in [4.78, 5) is 0. The fraction of sp³-hybridized carbons (Fsp3) is 0.429. The van der Waals surface area contributed by atoms with Crippen LogP contribution in [0.1, 0.15) is 93.2 Å². The van der Waals surface area contributed by atoms with Crippen LogP contribution in [-0.4, -0.2) is 10.2 Å². The van der Waals surface area contributed by atoms with Crippen LogP contribution < -0.4 is 0 Å². The Bertz CT molecular complexity index is 822. The van der Waals surface area contributed by atoms with Gasteiger partial charge in [-0.2, -0.15) is 0 Å². The van der Waals surface area contributed by atoms with Gasteiger partial charge in [0.1, 0.15) is 11.5 Å². The number of phenolic OH excluding ortho intramolecular Hbond substituents is 2. The quantitative estimate of drug-likeness (QED) is 0.446. The maximum Gasteiger partial charge on any atom is 0.116 e. The minimum atomic E-state index is 0. The molecule has 0 saturated carbocycles. The molecule has 0 aliphatic heterocycles. The molecule has 2 N–H and O–H groups in total. The normalized spacial score (nSPS) is 11.2. The monoisotopic (exact) mass is 414 g/mol. The first-order valence-corrected chi connectivity index (χ1v) is 9.46. The van der Waals surface area contributed by atoms with Crippen molar-refractivity contribution < 1.29 is 10.2 Å². The summed E-state index contributed by atoms with van der Waals surface area (Å²) in [6, 6.07) is 19.4. The molecule has 0 heterocycles. The van der Waals surface area contributed by atoms with Gasteiger partial charge in [-0.1, -0.05) is 93.8 Å². The molecule has 0 aliphatic rings. The van der Waals surface area contributed by atoms with Crippen LogP contribution in [0.2, 0.25) is 0 Å². The molecule has 0 aromatic heterocycles. The molecular weight excluding hydrogens is 368 g/mol. The van der Waals surface area contributed by atoms with Crippen LogP contribution in [0.5, 0.6) is 11.5 Å². The second-order valence-electron chi connectivity index (χ2n) is 7.00. The number of fused-ring (bicyclic) bond motifs is 1.